The van der Waals surface area contributed by atoms with E-state index in [1.807, 2.05) is 11.9 Å². The number of nitrogens with one attached hydrogen (secondary N) is 1. The van der Waals surface area contributed by atoms with Gasteiger partial charge in [0.1, 0.15) is 0 Å². The summed E-state index contributed by atoms with van der Waals surface area (Å²) < 4.78 is 5.61. The Morgan fingerprint density at radius 1 is 1.38 bits per heavy atom. The number of fused-ring (bicyclic) bond motifs is 1. The van der Waals surface area contributed by atoms with Crippen LogP contribution in [0.1, 0.15) is 23.2 Å². The number of anilines is 2. The molecule has 0 atom stereocenters. The van der Waals surface area contributed by atoms with Crippen molar-refractivity contribution < 1.29 is 14.3 Å². The van der Waals surface area contributed by atoms with Crippen molar-refractivity contribution in [2.24, 2.45) is 5.92 Å². The van der Waals surface area contributed by atoms with Gasteiger partial charge in [-0.05, 0) is 30.9 Å². The summed E-state index contributed by atoms with van der Waals surface area (Å²) in [5, 5.41) is 3.02. The molecule has 0 bridgehead atoms. The standard InChI is InChI=1S/C15H17ClN2O3/c1-18(4-5-21-8-9-2-3-9)13-7-12-10(6-11(13)16)14(19)15(20)17-12/h6-7,9H,2-5,8H2,1H3,(H,17,19,20). The molecule has 0 radical (unpaired) electrons. The van der Waals surface area contributed by atoms with Crippen molar-refractivity contribution in [3.05, 3.63) is 22.7 Å². The highest BCUT2D eigenvalue weighted by molar-refractivity contribution is 6.52. The van der Waals surface area contributed by atoms with Gasteiger partial charge in [0.15, 0.2) is 0 Å². The number of carbonyl (C=O) groups excluding carboxylic acids is 2. The first kappa shape index (κ1) is 14.4. The molecule has 3 rings (SSSR count). The van der Waals surface area contributed by atoms with E-state index in [-0.39, 0.29) is 0 Å². The first-order valence-electron chi connectivity index (χ1n) is 7.04. The van der Waals surface area contributed by atoms with Gasteiger partial charge >= 0.3 is 0 Å². The van der Waals surface area contributed by atoms with Gasteiger partial charge in [0.05, 0.1) is 28.6 Å². The second-order valence-corrected chi connectivity index (χ2v) is 5.98. The van der Waals surface area contributed by atoms with Crippen LogP contribution in [-0.2, 0) is 9.53 Å². The van der Waals surface area contributed by atoms with Crippen LogP contribution in [0.4, 0.5) is 11.4 Å². The minimum atomic E-state index is -0.603. The number of hydrogen-bond acceptors (Lipinski definition) is 4. The van der Waals surface area contributed by atoms with E-state index in [2.05, 4.69) is 5.32 Å². The highest BCUT2D eigenvalue weighted by Gasteiger charge is 2.29. The fourth-order valence-corrected chi connectivity index (χ4v) is 2.61. The van der Waals surface area contributed by atoms with Gasteiger partial charge in [-0.2, -0.15) is 0 Å². The Morgan fingerprint density at radius 2 is 2.14 bits per heavy atom. The molecule has 1 aliphatic carbocycles. The number of ketones is 1. The molecule has 0 aromatic heterocycles. The lowest BCUT2D eigenvalue weighted by atomic mass is 10.1. The Hall–Kier alpha value is -1.59. The second kappa shape index (κ2) is 5.66. The second-order valence-electron chi connectivity index (χ2n) is 5.57. The van der Waals surface area contributed by atoms with E-state index in [1.54, 1.807) is 12.1 Å². The van der Waals surface area contributed by atoms with E-state index >= 15 is 0 Å². The Balaban J connectivity index is 1.65. The molecule has 0 unspecified atom stereocenters. The maximum absolute atomic E-state index is 11.6. The summed E-state index contributed by atoms with van der Waals surface area (Å²) in [6.07, 6.45) is 2.56. The van der Waals surface area contributed by atoms with Crippen LogP contribution in [0.25, 0.3) is 0 Å². The largest absolute Gasteiger partial charge is 0.379 e. The minimum Gasteiger partial charge on any atom is -0.379 e. The number of ether oxygens (including phenoxy) is 1. The van der Waals surface area contributed by atoms with Gasteiger partial charge in [-0.1, -0.05) is 11.6 Å². The van der Waals surface area contributed by atoms with E-state index < -0.39 is 11.7 Å². The fourth-order valence-electron chi connectivity index (χ4n) is 2.30. The first-order chi connectivity index (χ1) is 10.1. The average molecular weight is 309 g/mol. The zero-order valence-corrected chi connectivity index (χ0v) is 12.6. The van der Waals surface area contributed by atoms with E-state index in [0.29, 0.717) is 29.4 Å². The Labute approximate surface area is 128 Å². The Morgan fingerprint density at radius 3 is 2.86 bits per heavy atom. The number of nitrogens with zero attached hydrogens (tertiary/aromatic N) is 1. The van der Waals surface area contributed by atoms with Crippen LogP contribution in [0.2, 0.25) is 5.02 Å². The molecule has 5 nitrogen and oxygen atoms in total. The summed E-state index contributed by atoms with van der Waals surface area (Å²) in [5.41, 5.74) is 1.64. The van der Waals surface area contributed by atoms with Gasteiger partial charge < -0.3 is 15.0 Å². The number of carbonyl (C=O) groups is 2. The van der Waals surface area contributed by atoms with E-state index in [1.165, 1.54) is 12.8 Å². The maximum atomic E-state index is 11.6. The molecule has 1 N–H and O–H groups in total. The topological polar surface area (TPSA) is 58.6 Å². The van der Waals surface area contributed by atoms with Crippen molar-refractivity contribution in [3.63, 3.8) is 0 Å². The number of likely N-dealkylation sites (N-methyl/N-ethyl adjacent to an activating group) is 1. The summed E-state index contributed by atoms with van der Waals surface area (Å²) in [5.74, 6) is -0.386. The van der Waals surface area contributed by atoms with E-state index in [0.717, 1.165) is 18.2 Å². The smallest absolute Gasteiger partial charge is 0.296 e. The summed E-state index contributed by atoms with van der Waals surface area (Å²) >= 11 is 6.22. The molecule has 1 aromatic carbocycles. The van der Waals surface area contributed by atoms with Crippen LogP contribution in [-0.4, -0.2) is 38.5 Å². The van der Waals surface area contributed by atoms with Crippen LogP contribution in [0.3, 0.4) is 0 Å². The van der Waals surface area contributed by atoms with Crippen molar-refractivity contribution in [2.75, 3.05) is 37.0 Å². The fraction of sp³-hybridized carbons (Fsp3) is 0.467. The van der Waals surface area contributed by atoms with Gasteiger partial charge in [-0.15, -0.1) is 0 Å². The zero-order valence-electron chi connectivity index (χ0n) is 11.8. The molecule has 2 aliphatic rings. The van der Waals surface area contributed by atoms with E-state index in [4.69, 9.17) is 16.3 Å². The van der Waals surface area contributed by atoms with Crippen molar-refractivity contribution >= 4 is 34.7 Å². The highest BCUT2D eigenvalue weighted by atomic mass is 35.5. The number of amides is 1. The van der Waals surface area contributed by atoms with Crippen molar-refractivity contribution in [1.82, 2.24) is 0 Å². The summed E-state index contributed by atoms with van der Waals surface area (Å²) in [7, 11) is 1.91. The molecule has 1 aliphatic heterocycles. The molecule has 1 saturated carbocycles. The molecular weight excluding hydrogens is 292 g/mol. The first-order valence-corrected chi connectivity index (χ1v) is 7.42. The number of benzene rings is 1. The monoisotopic (exact) mass is 308 g/mol. The highest BCUT2D eigenvalue weighted by Crippen LogP contribution is 2.34. The van der Waals surface area contributed by atoms with Gasteiger partial charge in [0, 0.05) is 20.2 Å². The van der Waals surface area contributed by atoms with Crippen LogP contribution in [0, 0.1) is 5.92 Å². The van der Waals surface area contributed by atoms with Crippen LogP contribution in [0.5, 0.6) is 0 Å². The summed E-state index contributed by atoms with van der Waals surface area (Å²) in [4.78, 5) is 24.9. The Kier molecular flexibility index (Phi) is 3.87. The van der Waals surface area contributed by atoms with Gasteiger partial charge in [0.25, 0.3) is 11.7 Å². The van der Waals surface area contributed by atoms with E-state index in [9.17, 15) is 9.59 Å². The van der Waals surface area contributed by atoms with Gasteiger partial charge in [0.2, 0.25) is 0 Å². The summed E-state index contributed by atoms with van der Waals surface area (Å²) in [6, 6.07) is 3.29. The predicted octanol–water partition coefficient (Wildman–Crippen LogP) is 2.34. The lowest BCUT2D eigenvalue weighted by Gasteiger charge is -2.21. The van der Waals surface area contributed by atoms with Crippen LogP contribution in [0.15, 0.2) is 12.1 Å². The lowest BCUT2D eigenvalue weighted by molar-refractivity contribution is -0.112. The molecule has 0 spiro atoms. The average Bonchev–Trinajstić information content (AvgIpc) is 3.23. The van der Waals surface area contributed by atoms with Crippen molar-refractivity contribution in [2.45, 2.75) is 12.8 Å². The lowest BCUT2D eigenvalue weighted by Crippen LogP contribution is -2.23. The molecule has 1 amide bonds. The maximum Gasteiger partial charge on any atom is 0.296 e. The number of Topliss-reactive ketones (excluding diaryl/α,β-unsaturated/α-hetero) is 1. The normalized spacial score (nSPS) is 16.9. The third-order valence-electron chi connectivity index (χ3n) is 3.82. The number of halogens is 1. The predicted molar refractivity (Wildman–Crippen MR) is 81.2 cm³/mol. The number of hydrogen-bond donors (Lipinski definition) is 1. The van der Waals surface area contributed by atoms with Crippen molar-refractivity contribution in [1.29, 1.82) is 0 Å². The van der Waals surface area contributed by atoms with Gasteiger partial charge in [-0.3, -0.25) is 9.59 Å². The molecular formula is C15H17ClN2O3. The molecule has 1 aromatic rings. The summed E-state index contributed by atoms with van der Waals surface area (Å²) in [6.45, 7) is 2.16. The minimum absolute atomic E-state index is 0.340. The Bertz CT molecular complexity index is 599. The van der Waals surface area contributed by atoms with Crippen LogP contribution < -0.4 is 10.2 Å². The quantitative estimate of drug-likeness (QED) is 0.647. The zero-order chi connectivity index (χ0) is 15.0. The molecule has 1 heterocycles. The van der Waals surface area contributed by atoms with Crippen molar-refractivity contribution in [3.8, 4) is 0 Å². The van der Waals surface area contributed by atoms with Gasteiger partial charge in [-0.25, -0.2) is 0 Å². The molecule has 112 valence electrons. The third-order valence-corrected chi connectivity index (χ3v) is 4.12. The molecule has 1 fully saturated rings. The third kappa shape index (κ3) is 3.04. The molecule has 6 heteroatoms. The van der Waals surface area contributed by atoms with Crippen LogP contribution >= 0.6 is 11.6 Å². The molecule has 21 heavy (non-hydrogen) atoms. The SMILES string of the molecule is CN(CCOCC1CC1)c1cc2c(cc1Cl)C(=O)C(=O)N2. The number of rotatable bonds is 6. The molecule has 0 saturated heterocycles.